The fourth-order valence-corrected chi connectivity index (χ4v) is 4.39. The van der Waals surface area contributed by atoms with Gasteiger partial charge >= 0.3 is 0 Å². The number of nitrogens with zero attached hydrogens (tertiary/aromatic N) is 2. The Morgan fingerprint density at radius 2 is 0.977 bits per heavy atom. The minimum absolute atomic E-state index is 0.863. The number of rotatable bonds is 17. The number of hydrogen-bond donors (Lipinski definition) is 0. The topological polar surface area (TPSA) is 6.48 Å². The molecule has 0 heterocycles. The van der Waals surface area contributed by atoms with Crippen LogP contribution in [-0.2, 0) is 0 Å². The van der Waals surface area contributed by atoms with E-state index in [0.717, 1.165) is 45.3 Å². The highest BCUT2D eigenvalue weighted by molar-refractivity contribution is 5.65. The van der Waals surface area contributed by atoms with E-state index in [1.54, 1.807) is 12.2 Å². The van der Waals surface area contributed by atoms with Crippen molar-refractivity contribution in [3.8, 4) is 0 Å². The number of para-hydroxylation sites is 2. The molecule has 222 valence electrons. The summed E-state index contributed by atoms with van der Waals surface area (Å²) in [4.78, 5) is 4.27. The SMILES string of the molecule is C=C/C=C\C(=C/C=C)N(/C(C=C)=C/C=C(C=C)/C(C=C)=C/C=C(\C=C)N(C(/C=C\C)=C/C)c1ccccc1)c1ccccc1. The van der Waals surface area contributed by atoms with Crippen molar-refractivity contribution in [2.24, 2.45) is 0 Å². The van der Waals surface area contributed by atoms with Crippen LogP contribution in [0.3, 0.4) is 0 Å². The van der Waals surface area contributed by atoms with Crippen molar-refractivity contribution in [2.75, 3.05) is 9.80 Å². The Morgan fingerprint density at radius 3 is 1.34 bits per heavy atom. The quantitative estimate of drug-likeness (QED) is 0.173. The van der Waals surface area contributed by atoms with E-state index in [4.69, 9.17) is 0 Å². The van der Waals surface area contributed by atoms with Crippen LogP contribution in [0.25, 0.3) is 0 Å². The second-order valence-corrected chi connectivity index (χ2v) is 9.22. The lowest BCUT2D eigenvalue weighted by atomic mass is 10.0. The van der Waals surface area contributed by atoms with Crippen LogP contribution in [0.15, 0.2) is 231 Å². The van der Waals surface area contributed by atoms with Gasteiger partial charge < -0.3 is 9.80 Å². The van der Waals surface area contributed by atoms with Gasteiger partial charge in [-0.15, -0.1) is 0 Å². The first-order valence-electron chi connectivity index (χ1n) is 14.5. The second kappa shape index (κ2) is 19.5. The Hall–Kier alpha value is -5.60. The molecule has 2 aromatic rings. The molecule has 0 N–H and O–H groups in total. The van der Waals surface area contributed by atoms with Crippen LogP contribution in [0.5, 0.6) is 0 Å². The predicted octanol–water partition coefficient (Wildman–Crippen LogP) is 11.7. The first-order valence-corrected chi connectivity index (χ1v) is 14.5. The lowest BCUT2D eigenvalue weighted by Crippen LogP contribution is -2.19. The Morgan fingerprint density at radius 1 is 0.500 bits per heavy atom. The van der Waals surface area contributed by atoms with Crippen molar-refractivity contribution in [3.05, 3.63) is 231 Å². The van der Waals surface area contributed by atoms with E-state index in [2.05, 4.69) is 85.7 Å². The summed E-state index contributed by atoms with van der Waals surface area (Å²) < 4.78 is 0. The predicted molar refractivity (Wildman–Crippen MR) is 197 cm³/mol. The van der Waals surface area contributed by atoms with E-state index >= 15 is 0 Å². The average Bonchev–Trinajstić information content (AvgIpc) is 3.07. The lowest BCUT2D eigenvalue weighted by molar-refractivity contribution is 1.13. The van der Waals surface area contributed by atoms with E-state index in [1.165, 1.54) is 0 Å². The highest BCUT2D eigenvalue weighted by Crippen LogP contribution is 2.28. The Labute approximate surface area is 265 Å². The third-order valence-electron chi connectivity index (χ3n) is 6.45. The highest BCUT2D eigenvalue weighted by atomic mass is 15.2. The largest absolute Gasteiger partial charge is 0.311 e. The van der Waals surface area contributed by atoms with Crippen LogP contribution in [0, 0.1) is 0 Å². The van der Waals surface area contributed by atoms with Crippen molar-refractivity contribution >= 4 is 11.4 Å². The van der Waals surface area contributed by atoms with E-state index in [-0.39, 0.29) is 0 Å². The molecule has 0 saturated heterocycles. The van der Waals surface area contributed by atoms with Gasteiger partial charge in [0.05, 0.1) is 0 Å². The summed E-state index contributed by atoms with van der Waals surface area (Å²) in [6.07, 6.45) is 31.0. The van der Waals surface area contributed by atoms with Gasteiger partial charge in [-0.05, 0) is 91.8 Å². The number of hydrogen-bond acceptors (Lipinski definition) is 2. The van der Waals surface area contributed by atoms with Crippen LogP contribution in [0.1, 0.15) is 13.8 Å². The van der Waals surface area contributed by atoms with E-state index in [9.17, 15) is 0 Å². The lowest BCUT2D eigenvalue weighted by Gasteiger charge is -2.27. The fraction of sp³-hybridized carbons (Fsp3) is 0.0476. The van der Waals surface area contributed by atoms with Gasteiger partial charge in [-0.25, -0.2) is 0 Å². The van der Waals surface area contributed by atoms with Gasteiger partial charge in [0.1, 0.15) is 0 Å². The van der Waals surface area contributed by atoms with E-state index in [0.29, 0.717) is 0 Å². The molecule has 0 atom stereocenters. The van der Waals surface area contributed by atoms with Gasteiger partial charge in [0, 0.05) is 34.2 Å². The third-order valence-corrected chi connectivity index (χ3v) is 6.45. The maximum atomic E-state index is 4.12. The van der Waals surface area contributed by atoms with Gasteiger partial charge in [0.15, 0.2) is 0 Å². The van der Waals surface area contributed by atoms with Gasteiger partial charge in [0.25, 0.3) is 0 Å². The molecule has 2 heteroatoms. The third kappa shape index (κ3) is 9.75. The van der Waals surface area contributed by atoms with Crippen LogP contribution in [-0.4, -0.2) is 0 Å². The maximum absolute atomic E-state index is 4.12. The molecule has 0 radical (unpaired) electrons. The molecule has 0 aromatic heterocycles. The molecule has 0 spiro atoms. The monoisotopic (exact) mass is 576 g/mol. The fourth-order valence-electron chi connectivity index (χ4n) is 4.39. The minimum atomic E-state index is 0.863. The summed E-state index contributed by atoms with van der Waals surface area (Å²) in [5, 5.41) is 0. The first kappa shape index (κ1) is 34.6. The van der Waals surface area contributed by atoms with Gasteiger partial charge in [-0.2, -0.15) is 0 Å². The number of anilines is 2. The standard InChI is InChI=1S/C42H44N2/c1-9-17-26-40(25-11-3)44(42-29-22-19-23-30-42)39(16-8)34-32-36(13-5)35(12-4)31-33-38(15-7)43(37(14-6)24-10-2)41-27-20-18-21-28-41/h9-34H,1,3-5,7-8H2,2,6H3/b24-10-,26-17-,35-31+,36-32+,37-14+,38-33+,39-34+,40-25+. The van der Waals surface area contributed by atoms with Gasteiger partial charge in [-0.3, -0.25) is 0 Å². The molecule has 2 aromatic carbocycles. The van der Waals surface area contributed by atoms with Crippen LogP contribution < -0.4 is 9.80 Å². The normalized spacial score (nSPS) is 13.5. The summed E-state index contributed by atoms with van der Waals surface area (Å²) in [5.74, 6) is 0. The molecule has 2 nitrogen and oxygen atoms in total. The van der Waals surface area contributed by atoms with Crippen molar-refractivity contribution in [1.29, 1.82) is 0 Å². The first-order chi connectivity index (χ1) is 21.5. The second-order valence-electron chi connectivity index (χ2n) is 9.22. The van der Waals surface area contributed by atoms with Crippen molar-refractivity contribution in [2.45, 2.75) is 13.8 Å². The zero-order valence-electron chi connectivity index (χ0n) is 26.1. The molecule has 0 aliphatic heterocycles. The van der Waals surface area contributed by atoms with Crippen LogP contribution in [0.2, 0.25) is 0 Å². The highest BCUT2D eigenvalue weighted by Gasteiger charge is 2.14. The Kier molecular flexibility index (Phi) is 15.3. The molecule has 0 fully saturated rings. The van der Waals surface area contributed by atoms with Crippen molar-refractivity contribution < 1.29 is 0 Å². The van der Waals surface area contributed by atoms with Gasteiger partial charge in [-0.1, -0.05) is 131 Å². The molecule has 0 unspecified atom stereocenters. The van der Waals surface area contributed by atoms with Crippen molar-refractivity contribution in [3.63, 3.8) is 0 Å². The molecule has 44 heavy (non-hydrogen) atoms. The van der Waals surface area contributed by atoms with Crippen molar-refractivity contribution in [1.82, 2.24) is 0 Å². The van der Waals surface area contributed by atoms with Gasteiger partial charge in [0.2, 0.25) is 0 Å². The molecule has 0 aliphatic rings. The molecule has 2 rings (SSSR count). The summed E-state index contributed by atoms with van der Waals surface area (Å²) in [7, 11) is 0. The summed E-state index contributed by atoms with van der Waals surface area (Å²) >= 11 is 0. The zero-order chi connectivity index (χ0) is 32.2. The summed E-state index contributed by atoms with van der Waals surface area (Å²) in [6.45, 7) is 28.2. The number of benzene rings is 2. The minimum Gasteiger partial charge on any atom is -0.311 e. The average molecular weight is 577 g/mol. The molecular weight excluding hydrogens is 532 g/mol. The summed E-state index contributed by atoms with van der Waals surface area (Å²) in [5.41, 5.74) is 7.53. The number of allylic oxidation sites excluding steroid dienone is 18. The molecule has 0 amide bonds. The molecule has 0 saturated carbocycles. The van der Waals surface area contributed by atoms with Crippen LogP contribution in [0.4, 0.5) is 11.4 Å². The molecule has 0 bridgehead atoms. The maximum Gasteiger partial charge on any atom is 0.0461 e. The molecule has 0 aliphatic carbocycles. The Balaban J connectivity index is 2.69. The summed E-state index contributed by atoms with van der Waals surface area (Å²) in [6, 6.07) is 20.3. The van der Waals surface area contributed by atoms with E-state index < -0.39 is 0 Å². The molecular formula is C42H44N2. The zero-order valence-corrected chi connectivity index (χ0v) is 26.1. The smallest absolute Gasteiger partial charge is 0.0461 e. The Bertz CT molecular complexity index is 1550. The van der Waals surface area contributed by atoms with E-state index in [1.807, 2.05) is 123 Å². The van der Waals surface area contributed by atoms with Crippen LogP contribution >= 0.6 is 0 Å².